The molecule has 3 aliphatic rings. The molecule has 6 aromatic heterocycles. The quantitative estimate of drug-likeness (QED) is 0.0296. The van der Waals surface area contributed by atoms with E-state index in [1.165, 1.54) is 30.7 Å². The van der Waals surface area contributed by atoms with Gasteiger partial charge in [0.25, 0.3) is 16.8 Å². The lowest BCUT2D eigenvalue weighted by molar-refractivity contribution is -0.383. The summed E-state index contributed by atoms with van der Waals surface area (Å²) in [6.07, 6.45) is 14.5. The molecule has 106 heavy (non-hydrogen) atoms. The molecule has 0 saturated carbocycles. The summed E-state index contributed by atoms with van der Waals surface area (Å²) in [6.45, 7) is 9.63. The molecule has 0 spiro atoms. The Morgan fingerprint density at radius 3 is 1.34 bits per heavy atom. The van der Waals surface area contributed by atoms with Gasteiger partial charge < -0.3 is 50.8 Å². The highest BCUT2D eigenvalue weighted by molar-refractivity contribution is 9.11. The number of anilines is 5. The zero-order valence-electron chi connectivity index (χ0n) is 56.1. The van der Waals surface area contributed by atoms with Gasteiger partial charge >= 0.3 is 0 Å². The van der Waals surface area contributed by atoms with Crippen LogP contribution >= 0.6 is 142 Å². The largest absolute Gasteiger partial charge is 0.398 e. The van der Waals surface area contributed by atoms with Gasteiger partial charge in [-0.1, -0.05) is 78.3 Å². The Hall–Kier alpha value is -6.58. The fourth-order valence-electron chi connectivity index (χ4n) is 12.5. The number of rotatable bonds is 9. The molecule has 15 rings (SSSR count). The molecule has 0 bridgehead atoms. The fourth-order valence-corrected chi connectivity index (χ4v) is 16.0. The Labute approximate surface area is 674 Å². The number of ether oxygens (including phenoxy) is 3. The molecule has 12 aromatic rings. The number of benzene rings is 6. The van der Waals surface area contributed by atoms with Crippen LogP contribution < -0.4 is 37.7 Å². The zero-order chi connectivity index (χ0) is 76.2. The molecule has 7 N–H and O–H groups in total. The first-order chi connectivity index (χ1) is 50.8. The molecular weight excluding hydrogens is 1850 g/mol. The molecule has 33 heteroatoms. The first kappa shape index (κ1) is 81.9. The number of nitro groups is 1. The van der Waals surface area contributed by atoms with E-state index >= 15 is 0 Å². The molecule has 3 fully saturated rings. The van der Waals surface area contributed by atoms with Gasteiger partial charge in [-0.3, -0.25) is 19.7 Å². The first-order valence-electron chi connectivity index (χ1n) is 32.8. The summed E-state index contributed by atoms with van der Waals surface area (Å²) in [5.74, 6) is -1.40. The molecule has 0 amide bonds. The highest BCUT2D eigenvalue weighted by atomic mass is 79.9. The average Bonchev–Trinajstić information content (AvgIpc) is 0.774. The Kier molecular flexibility index (Phi) is 29.1. The topological polar surface area (TPSA) is 259 Å². The van der Waals surface area contributed by atoms with Crippen molar-refractivity contribution in [2.24, 2.45) is 0 Å². The van der Waals surface area contributed by atoms with Crippen LogP contribution in [-0.2, 0) is 14.2 Å². The standard InChI is InChI=1S/C16H17BrClFN2O.C16H18BrFN2O2.C14H14BrFN2O2.C9H5BrClFN2.C9H4BrClN2O2.C9H6BrClN2/c1-2-21(10-4-7-22-8-5-10)15-11-3-6-20-16(18)12(11)9-13(17)14(15)19;1-2-20(10-4-7-22-8-5-10)15-11-3-6-19-16(21)12(11)9-13(17)14(15)18;15-11-7-10-9(1-4-17-14(10)19)13(12(11)16)18-8-2-5-20-6-3-8;10-6-3-5-4(8(13)7(6)12)1-2-14-9(5)11;10-5-3-7-6(1-2-12-9(7)11)8(4-5)13(14)15;10-5-3-7-6(8(12)4-5)1-2-13-9(7)11/h3,6,9-10H,2,4-5,7-8H2,1H3;3,6,9-10H,2,4-5,7-8H2,1H3,(H,19,21);1,4,7-8,18H,2-3,5-6H2,(H,17,19);1-3H,13H2;1-4H;1-4H,12H2. The molecule has 9 heterocycles. The van der Waals surface area contributed by atoms with E-state index in [1.807, 2.05) is 38.1 Å². The van der Waals surface area contributed by atoms with Gasteiger partial charge in [0.1, 0.15) is 20.6 Å². The number of hydrogen-bond acceptors (Lipinski definition) is 16. The number of nitrogens with zero attached hydrogens (tertiary/aromatic N) is 7. The number of aromatic amines is 2. The second kappa shape index (κ2) is 37.7. The van der Waals surface area contributed by atoms with Crippen LogP contribution in [0.5, 0.6) is 0 Å². The average molecular weight is 1920 g/mol. The number of hydrogen-bond donors (Lipinski definition) is 5. The van der Waals surface area contributed by atoms with Crippen LogP contribution in [-0.4, -0.2) is 106 Å². The van der Waals surface area contributed by atoms with Crippen molar-refractivity contribution in [1.82, 2.24) is 29.9 Å². The number of aromatic nitrogens is 6. The van der Waals surface area contributed by atoms with Gasteiger partial charge in [-0.2, -0.15) is 0 Å². The third kappa shape index (κ3) is 19.2. The summed E-state index contributed by atoms with van der Waals surface area (Å²) in [5.41, 5.74) is 13.3. The number of pyridine rings is 6. The van der Waals surface area contributed by atoms with E-state index < -0.39 is 10.7 Å². The van der Waals surface area contributed by atoms with Crippen molar-refractivity contribution in [2.45, 2.75) is 70.5 Å². The Bertz CT molecular complexity index is 5360. The normalized spacial score (nSPS) is 14.0. The van der Waals surface area contributed by atoms with Crippen molar-refractivity contribution in [3.05, 3.63) is 224 Å². The number of nitrogens with one attached hydrogen (secondary N) is 3. The molecule has 3 aliphatic heterocycles. The van der Waals surface area contributed by atoms with E-state index in [2.05, 4.69) is 141 Å². The lowest BCUT2D eigenvalue weighted by Crippen LogP contribution is -2.40. The molecule has 0 radical (unpaired) electrons. The van der Waals surface area contributed by atoms with Crippen LogP contribution in [0.4, 0.5) is 51.7 Å². The summed E-state index contributed by atoms with van der Waals surface area (Å²) in [6, 6.07) is 24.3. The minimum absolute atomic E-state index is 0.0173. The van der Waals surface area contributed by atoms with Crippen LogP contribution in [0.25, 0.3) is 64.6 Å². The summed E-state index contributed by atoms with van der Waals surface area (Å²) in [5, 5.41) is 23.3. The third-order valence-corrected chi connectivity index (χ3v) is 22.1. The molecule has 19 nitrogen and oxygen atoms in total. The number of non-ortho nitro benzene ring substituents is 1. The van der Waals surface area contributed by atoms with Gasteiger partial charge in [0.15, 0.2) is 23.3 Å². The van der Waals surface area contributed by atoms with E-state index in [0.29, 0.717) is 128 Å². The number of nitrogen functional groups attached to an aromatic ring is 2. The van der Waals surface area contributed by atoms with E-state index in [-0.39, 0.29) is 72.2 Å². The van der Waals surface area contributed by atoms with Gasteiger partial charge in [0.05, 0.1) is 61.7 Å². The fraction of sp³-hybridized carbons (Fsp3) is 0.260. The number of nitro benzene ring substituents is 1. The van der Waals surface area contributed by atoms with Crippen LogP contribution in [0.3, 0.4) is 0 Å². The molecular formula is C73H64Br6Cl4F4N12O7. The van der Waals surface area contributed by atoms with Gasteiger partial charge in [0.2, 0.25) is 0 Å². The maximum atomic E-state index is 14.9. The summed E-state index contributed by atoms with van der Waals surface area (Å²) in [7, 11) is 0. The van der Waals surface area contributed by atoms with Gasteiger partial charge in [-0.25, -0.2) is 37.5 Å². The smallest absolute Gasteiger partial charge is 0.278 e. The lowest BCUT2D eigenvalue weighted by Gasteiger charge is -2.36. The van der Waals surface area contributed by atoms with Crippen molar-refractivity contribution < 1.29 is 36.7 Å². The molecule has 0 aliphatic carbocycles. The van der Waals surface area contributed by atoms with Crippen molar-refractivity contribution >= 4 is 241 Å². The number of H-pyrrole nitrogens is 2. The zero-order valence-corrected chi connectivity index (χ0v) is 68.7. The molecule has 0 atom stereocenters. The Balaban J connectivity index is 0.000000138. The highest BCUT2D eigenvalue weighted by Gasteiger charge is 2.29. The summed E-state index contributed by atoms with van der Waals surface area (Å²) in [4.78, 5) is 59.5. The number of nitrogens with two attached hydrogens (primary N) is 2. The predicted octanol–water partition coefficient (Wildman–Crippen LogP) is 21.4. The molecule has 6 aromatic carbocycles. The molecule has 556 valence electrons. The minimum atomic E-state index is -0.472. The van der Waals surface area contributed by atoms with Gasteiger partial charge in [-0.05, 0) is 195 Å². The maximum absolute atomic E-state index is 14.9. The van der Waals surface area contributed by atoms with Gasteiger partial charge in [0, 0.05) is 177 Å². The van der Waals surface area contributed by atoms with Crippen molar-refractivity contribution in [2.75, 3.05) is 79.3 Å². The predicted molar refractivity (Wildman–Crippen MR) is 439 cm³/mol. The number of halogens is 14. The van der Waals surface area contributed by atoms with Crippen LogP contribution in [0.1, 0.15) is 52.4 Å². The van der Waals surface area contributed by atoms with Gasteiger partial charge in [-0.15, -0.1) is 0 Å². The summed E-state index contributed by atoms with van der Waals surface area (Å²) < 4.78 is 76.4. The molecule has 0 unspecified atom stereocenters. The van der Waals surface area contributed by atoms with Crippen molar-refractivity contribution in [1.29, 1.82) is 0 Å². The van der Waals surface area contributed by atoms with Crippen LogP contribution in [0.2, 0.25) is 20.6 Å². The number of fused-ring (bicyclic) bond motifs is 6. The second-order valence-electron chi connectivity index (χ2n) is 24.0. The van der Waals surface area contributed by atoms with E-state index in [9.17, 15) is 37.3 Å². The second-order valence-corrected chi connectivity index (χ2v) is 30.6. The van der Waals surface area contributed by atoms with E-state index in [0.717, 1.165) is 84.3 Å². The van der Waals surface area contributed by atoms with E-state index in [4.69, 9.17) is 72.1 Å². The monoisotopic (exact) mass is 1910 g/mol. The van der Waals surface area contributed by atoms with Crippen LogP contribution in [0.15, 0.2) is 159 Å². The molecule has 3 saturated heterocycles. The highest BCUT2D eigenvalue weighted by Crippen LogP contribution is 2.42. The van der Waals surface area contributed by atoms with Crippen molar-refractivity contribution in [3.8, 4) is 0 Å². The minimum Gasteiger partial charge on any atom is -0.398 e. The lowest BCUT2D eigenvalue weighted by atomic mass is 10.0. The van der Waals surface area contributed by atoms with E-state index in [1.54, 1.807) is 67.1 Å². The Morgan fingerprint density at radius 2 is 0.858 bits per heavy atom. The third-order valence-electron chi connectivity index (χ3n) is 17.6. The Morgan fingerprint density at radius 1 is 0.491 bits per heavy atom. The first-order valence-corrected chi connectivity index (χ1v) is 39.1. The van der Waals surface area contributed by atoms with Crippen molar-refractivity contribution in [3.63, 3.8) is 0 Å². The van der Waals surface area contributed by atoms with Crippen LogP contribution in [0, 0.1) is 33.4 Å². The SMILES string of the molecule is CCN(c1c(F)c(Br)cc2c(=O)[nH]ccc12)C1CCOCC1.CCN(c1c(F)c(Br)cc2c(Cl)nccc12)C1CCOCC1.Nc1c(F)c(Br)cc2c(Cl)nccc12.Nc1cc(Br)cc2c(Cl)nccc12.O=[N+]([O-])c1cc(Br)cc2c(Cl)nccc12.O=c1[nH]ccc2c(NC3CCOCC3)c(F)c(Br)cc12. The summed E-state index contributed by atoms with van der Waals surface area (Å²) >= 11 is 43.1. The maximum Gasteiger partial charge on any atom is 0.278 e.